The van der Waals surface area contributed by atoms with Gasteiger partial charge in [-0.3, -0.25) is 4.90 Å². The molecule has 6 rings (SSSR count). The average molecular weight is 469 g/mol. The monoisotopic (exact) mass is 468 g/mol. The summed E-state index contributed by atoms with van der Waals surface area (Å²) in [6.07, 6.45) is 2.53. The van der Waals surface area contributed by atoms with E-state index in [0.717, 1.165) is 12.1 Å². The lowest BCUT2D eigenvalue weighted by atomic mass is 9.70. The molecule has 3 heteroatoms. The third-order valence-corrected chi connectivity index (χ3v) is 8.30. The number of hydrogen-bond donors (Lipinski definition) is 2. The van der Waals surface area contributed by atoms with E-state index in [-0.39, 0.29) is 12.0 Å². The van der Waals surface area contributed by atoms with Crippen LogP contribution >= 0.6 is 0 Å². The molecule has 3 heterocycles. The lowest BCUT2D eigenvalue weighted by molar-refractivity contribution is 0.00463. The highest BCUT2D eigenvalue weighted by Crippen LogP contribution is 2.42. The maximum absolute atomic E-state index is 10.1. The topological polar surface area (TPSA) is 35.5 Å². The van der Waals surface area contributed by atoms with Crippen LogP contribution < -0.4 is 5.32 Å². The van der Waals surface area contributed by atoms with E-state index in [4.69, 9.17) is 0 Å². The van der Waals surface area contributed by atoms with Crippen molar-refractivity contribution in [3.8, 4) is 0 Å². The van der Waals surface area contributed by atoms with Gasteiger partial charge in [-0.2, -0.15) is 0 Å². The molecule has 0 radical (unpaired) electrons. The Bertz CT molecular complexity index is 1060. The van der Waals surface area contributed by atoms with E-state index in [2.05, 4.69) is 110 Å². The van der Waals surface area contributed by atoms with Crippen LogP contribution in [0.25, 0.3) is 0 Å². The van der Waals surface area contributed by atoms with E-state index in [1.165, 1.54) is 48.2 Å². The van der Waals surface area contributed by atoms with Crippen molar-refractivity contribution in [3.05, 3.63) is 107 Å². The van der Waals surface area contributed by atoms with Crippen LogP contribution in [0.4, 0.5) is 0 Å². The largest absolute Gasteiger partial charge is 0.392 e. The molecule has 3 fully saturated rings. The maximum atomic E-state index is 10.1. The number of nitrogens with one attached hydrogen (secondary N) is 1. The van der Waals surface area contributed by atoms with Crippen molar-refractivity contribution in [3.63, 3.8) is 0 Å². The molecule has 184 valence electrons. The number of benzene rings is 3. The van der Waals surface area contributed by atoms with Crippen molar-refractivity contribution in [1.29, 1.82) is 0 Å². The van der Waals surface area contributed by atoms with Gasteiger partial charge in [-0.15, -0.1) is 0 Å². The van der Waals surface area contributed by atoms with Crippen LogP contribution in [0.2, 0.25) is 0 Å². The number of piperidine rings is 3. The summed E-state index contributed by atoms with van der Waals surface area (Å²) >= 11 is 0. The molecule has 2 atom stereocenters. The molecule has 0 amide bonds. The van der Waals surface area contributed by atoms with Gasteiger partial charge in [0.25, 0.3) is 0 Å². The predicted octanol–water partition coefficient (Wildman–Crippen LogP) is 5.86. The zero-order valence-electron chi connectivity index (χ0n) is 21.5. The second-order valence-corrected chi connectivity index (χ2v) is 11.5. The third-order valence-electron chi connectivity index (χ3n) is 8.30. The second kappa shape index (κ2) is 10.3. The fourth-order valence-corrected chi connectivity index (χ4v) is 6.33. The molecule has 2 N–H and O–H groups in total. The highest BCUT2D eigenvalue weighted by atomic mass is 16.3. The Morgan fingerprint density at radius 2 is 1.46 bits per heavy atom. The van der Waals surface area contributed by atoms with Crippen LogP contribution in [0.15, 0.2) is 78.9 Å². The standard InChI is InChI=1S/C32H40N2O/c1-32(2,3)28-15-14-26(22-35)27(20-28)21-33-30-25-16-18-34(19-17-25)31(30)29(23-10-6-4-7-11-23)24-12-8-5-9-13-24/h4-15,20,25,29-31,33,35H,16-19,21-22H2,1-3H3. The molecule has 2 unspecified atom stereocenters. The molecular formula is C32H40N2O. The SMILES string of the molecule is CC(C)(C)c1ccc(CO)c(CNC2C3CCN(CC3)C2C(c2ccccc2)c2ccccc2)c1. The van der Waals surface area contributed by atoms with E-state index in [9.17, 15) is 5.11 Å². The van der Waals surface area contributed by atoms with E-state index in [0.29, 0.717) is 23.9 Å². The number of aliphatic hydroxyl groups excluding tert-OH is 1. The average Bonchev–Trinajstić information content (AvgIpc) is 2.89. The van der Waals surface area contributed by atoms with Crippen molar-refractivity contribution in [2.75, 3.05) is 13.1 Å². The Balaban J connectivity index is 1.48. The van der Waals surface area contributed by atoms with Gasteiger partial charge in [0, 0.05) is 24.5 Å². The third kappa shape index (κ3) is 5.09. The number of rotatable bonds is 7. The van der Waals surface area contributed by atoms with E-state index in [1.807, 2.05) is 0 Å². The number of aliphatic hydroxyl groups is 1. The fourth-order valence-electron chi connectivity index (χ4n) is 6.33. The van der Waals surface area contributed by atoms with Gasteiger partial charge in [0.05, 0.1) is 6.61 Å². The fraction of sp³-hybridized carbons (Fsp3) is 0.438. The summed E-state index contributed by atoms with van der Waals surface area (Å²) in [5, 5.41) is 14.1. The summed E-state index contributed by atoms with van der Waals surface area (Å²) in [5.74, 6) is 1.01. The molecule has 0 saturated carbocycles. The minimum absolute atomic E-state index is 0.0851. The van der Waals surface area contributed by atoms with Gasteiger partial charge in [-0.05, 0) is 65.1 Å². The first-order chi connectivity index (χ1) is 17.0. The van der Waals surface area contributed by atoms with Gasteiger partial charge < -0.3 is 10.4 Å². The summed E-state index contributed by atoms with van der Waals surface area (Å²) in [7, 11) is 0. The molecule has 3 aliphatic heterocycles. The zero-order valence-corrected chi connectivity index (χ0v) is 21.5. The molecule has 0 spiro atoms. The molecule has 0 aromatic heterocycles. The van der Waals surface area contributed by atoms with Gasteiger partial charge in [0.15, 0.2) is 0 Å². The van der Waals surface area contributed by atoms with E-state index >= 15 is 0 Å². The van der Waals surface area contributed by atoms with Crippen LogP contribution in [0.3, 0.4) is 0 Å². The maximum Gasteiger partial charge on any atom is 0.0685 e. The second-order valence-electron chi connectivity index (χ2n) is 11.5. The minimum Gasteiger partial charge on any atom is -0.392 e. The smallest absolute Gasteiger partial charge is 0.0685 e. The number of fused-ring (bicyclic) bond motifs is 3. The first-order valence-electron chi connectivity index (χ1n) is 13.3. The predicted molar refractivity (Wildman–Crippen MR) is 145 cm³/mol. The summed E-state index contributed by atoms with van der Waals surface area (Å²) in [5.41, 5.74) is 6.47. The van der Waals surface area contributed by atoms with Crippen LogP contribution in [0, 0.1) is 5.92 Å². The van der Waals surface area contributed by atoms with Gasteiger partial charge >= 0.3 is 0 Å². The summed E-state index contributed by atoms with van der Waals surface area (Å²) in [6, 6.07) is 29.6. The molecular weight excluding hydrogens is 428 g/mol. The molecule has 3 saturated heterocycles. The Labute approximate surface area is 211 Å². The van der Waals surface area contributed by atoms with Gasteiger partial charge in [-0.1, -0.05) is 99.6 Å². The summed E-state index contributed by atoms with van der Waals surface area (Å²) in [6.45, 7) is 10.0. The summed E-state index contributed by atoms with van der Waals surface area (Å²) < 4.78 is 0. The highest BCUT2D eigenvalue weighted by Gasteiger charge is 2.46. The molecule has 3 aromatic rings. The quantitative estimate of drug-likeness (QED) is 0.456. The zero-order chi connectivity index (χ0) is 24.4. The molecule has 3 aliphatic rings. The molecule has 3 aromatic carbocycles. The van der Waals surface area contributed by atoms with E-state index < -0.39 is 0 Å². The van der Waals surface area contributed by atoms with Gasteiger partial charge in [0.1, 0.15) is 0 Å². The Hall–Kier alpha value is -2.46. The van der Waals surface area contributed by atoms with Crippen LogP contribution in [0.5, 0.6) is 0 Å². The van der Waals surface area contributed by atoms with Crippen molar-refractivity contribution < 1.29 is 5.11 Å². The van der Waals surface area contributed by atoms with Gasteiger partial charge in [0.2, 0.25) is 0 Å². The number of hydrogen-bond acceptors (Lipinski definition) is 3. The Morgan fingerprint density at radius 3 is 2.00 bits per heavy atom. The van der Waals surface area contributed by atoms with Crippen molar-refractivity contribution in [2.24, 2.45) is 5.92 Å². The van der Waals surface area contributed by atoms with Crippen LogP contribution in [-0.2, 0) is 18.6 Å². The molecule has 0 aliphatic carbocycles. The number of nitrogens with zero attached hydrogens (tertiary/aromatic N) is 1. The Morgan fingerprint density at radius 1 is 0.857 bits per heavy atom. The first-order valence-corrected chi connectivity index (χ1v) is 13.3. The lowest BCUT2D eigenvalue weighted by Crippen LogP contribution is -2.64. The highest BCUT2D eigenvalue weighted by molar-refractivity contribution is 5.37. The van der Waals surface area contributed by atoms with Crippen molar-refractivity contribution in [1.82, 2.24) is 10.2 Å². The van der Waals surface area contributed by atoms with Crippen LogP contribution in [0.1, 0.15) is 67.3 Å². The minimum atomic E-state index is 0.0851. The van der Waals surface area contributed by atoms with Crippen molar-refractivity contribution >= 4 is 0 Å². The first kappa shape index (κ1) is 24.2. The van der Waals surface area contributed by atoms with Gasteiger partial charge in [-0.25, -0.2) is 0 Å². The van der Waals surface area contributed by atoms with E-state index in [1.54, 1.807) is 0 Å². The van der Waals surface area contributed by atoms with Crippen LogP contribution in [-0.4, -0.2) is 35.2 Å². The van der Waals surface area contributed by atoms with Crippen molar-refractivity contribution in [2.45, 2.75) is 70.2 Å². The normalized spacial score (nSPS) is 24.1. The molecule has 2 bridgehead atoms. The molecule has 3 nitrogen and oxygen atoms in total. The molecule has 35 heavy (non-hydrogen) atoms. The lowest BCUT2D eigenvalue weighted by Gasteiger charge is -2.54. The Kier molecular flexibility index (Phi) is 7.11. The summed E-state index contributed by atoms with van der Waals surface area (Å²) in [4.78, 5) is 2.74.